The molecule has 1 heterocycles. The van der Waals surface area contributed by atoms with Gasteiger partial charge in [-0.2, -0.15) is 13.2 Å². The fourth-order valence-corrected chi connectivity index (χ4v) is 2.26. The van der Waals surface area contributed by atoms with Crippen molar-refractivity contribution >= 4 is 22.4 Å². The molecule has 0 fully saturated rings. The molecule has 0 aliphatic heterocycles. The number of hydrogen-bond acceptors (Lipinski definition) is 5. The Hall–Kier alpha value is -1.38. The Morgan fingerprint density at radius 2 is 2.00 bits per heavy atom. The lowest BCUT2D eigenvalue weighted by molar-refractivity contribution is -0.141. The molecule has 0 radical (unpaired) electrons. The average molecular weight is 311 g/mol. The predicted molar refractivity (Wildman–Crippen MR) is 68.6 cm³/mol. The van der Waals surface area contributed by atoms with Crippen molar-refractivity contribution in [3.63, 3.8) is 0 Å². The quantitative estimate of drug-likeness (QED) is 0.808. The molecular weight excluding hydrogens is 295 g/mol. The summed E-state index contributed by atoms with van der Waals surface area (Å²) >= 11 is 0.460. The second-order valence-corrected chi connectivity index (χ2v) is 5.60. The first-order valence-corrected chi connectivity index (χ1v) is 6.92. The highest BCUT2D eigenvalue weighted by atomic mass is 32.1. The molecule has 0 spiro atoms. The fourth-order valence-electron chi connectivity index (χ4n) is 1.53. The molecule has 9 heteroatoms. The molecular formula is C11H16F3N3O2S. The van der Waals surface area contributed by atoms with Gasteiger partial charge in [0.1, 0.15) is 0 Å². The van der Waals surface area contributed by atoms with Gasteiger partial charge in [-0.25, -0.2) is 0 Å². The minimum atomic E-state index is -4.47. The van der Waals surface area contributed by atoms with Gasteiger partial charge in [0.25, 0.3) is 0 Å². The van der Waals surface area contributed by atoms with Gasteiger partial charge in [0.05, 0.1) is 5.92 Å². The predicted octanol–water partition coefficient (Wildman–Crippen LogP) is 3.25. The van der Waals surface area contributed by atoms with E-state index in [-0.39, 0.29) is 11.2 Å². The van der Waals surface area contributed by atoms with Crippen LogP contribution in [0.1, 0.15) is 38.1 Å². The topological polar surface area (TPSA) is 75.1 Å². The zero-order chi connectivity index (χ0) is 15.3. The van der Waals surface area contributed by atoms with Crippen LogP contribution in [0.3, 0.4) is 0 Å². The van der Waals surface area contributed by atoms with Crippen molar-refractivity contribution in [3.05, 3.63) is 5.01 Å². The lowest BCUT2D eigenvalue weighted by atomic mass is 10.0. The molecule has 0 amide bonds. The van der Waals surface area contributed by atoms with Gasteiger partial charge in [-0.3, -0.25) is 4.79 Å². The molecule has 0 aliphatic rings. The molecule has 20 heavy (non-hydrogen) atoms. The Labute approximate surface area is 118 Å². The summed E-state index contributed by atoms with van der Waals surface area (Å²) in [7, 11) is 0. The van der Waals surface area contributed by atoms with Crippen LogP contribution in [0, 0.1) is 5.92 Å². The Morgan fingerprint density at radius 3 is 2.50 bits per heavy atom. The third-order valence-electron chi connectivity index (χ3n) is 2.73. The Morgan fingerprint density at radius 1 is 1.35 bits per heavy atom. The third kappa shape index (κ3) is 5.32. The smallest absolute Gasteiger partial charge is 0.445 e. The molecule has 0 aromatic carbocycles. The summed E-state index contributed by atoms with van der Waals surface area (Å²) in [5, 5.41) is 17.2. The molecule has 1 aromatic heterocycles. The number of carboxylic acids is 1. The molecule has 1 rings (SSSR count). The van der Waals surface area contributed by atoms with Gasteiger partial charge in [-0.1, -0.05) is 24.7 Å². The van der Waals surface area contributed by atoms with Gasteiger partial charge in [-0.05, 0) is 19.8 Å². The van der Waals surface area contributed by atoms with E-state index >= 15 is 0 Å². The van der Waals surface area contributed by atoms with Crippen LogP contribution in [0.15, 0.2) is 0 Å². The van der Waals surface area contributed by atoms with E-state index in [2.05, 4.69) is 15.5 Å². The lowest BCUT2D eigenvalue weighted by Gasteiger charge is -2.13. The largest absolute Gasteiger partial charge is 0.481 e. The summed E-state index contributed by atoms with van der Waals surface area (Å²) in [6.07, 6.45) is -2.62. The summed E-state index contributed by atoms with van der Waals surface area (Å²) in [6.45, 7) is 3.43. The van der Waals surface area contributed by atoms with E-state index in [4.69, 9.17) is 5.11 Å². The second-order valence-electron chi connectivity index (χ2n) is 4.63. The van der Waals surface area contributed by atoms with E-state index in [1.54, 1.807) is 13.8 Å². The van der Waals surface area contributed by atoms with Gasteiger partial charge in [0.2, 0.25) is 10.1 Å². The molecule has 0 saturated heterocycles. The number of rotatable bonds is 7. The zero-order valence-corrected chi connectivity index (χ0v) is 11.9. The number of carbonyl (C=O) groups is 1. The van der Waals surface area contributed by atoms with Crippen LogP contribution in [-0.4, -0.2) is 27.3 Å². The number of aromatic nitrogens is 2. The highest BCUT2D eigenvalue weighted by Gasteiger charge is 2.35. The number of hydrogen-bond donors (Lipinski definition) is 2. The maximum absolute atomic E-state index is 12.3. The summed E-state index contributed by atoms with van der Waals surface area (Å²) in [4.78, 5) is 10.6. The van der Waals surface area contributed by atoms with Crippen molar-refractivity contribution in [2.24, 2.45) is 5.92 Å². The zero-order valence-electron chi connectivity index (χ0n) is 11.1. The van der Waals surface area contributed by atoms with Crippen molar-refractivity contribution in [1.29, 1.82) is 0 Å². The maximum Gasteiger partial charge on any atom is 0.445 e. The minimum Gasteiger partial charge on any atom is -0.481 e. The number of nitrogens with one attached hydrogen (secondary N) is 1. The van der Waals surface area contributed by atoms with Gasteiger partial charge in [0, 0.05) is 6.04 Å². The highest BCUT2D eigenvalue weighted by Crippen LogP contribution is 2.33. The lowest BCUT2D eigenvalue weighted by Crippen LogP contribution is -2.16. The number of alkyl halides is 3. The average Bonchev–Trinajstić information content (AvgIpc) is 2.76. The second kappa shape index (κ2) is 6.87. The molecule has 1 aromatic rings. The number of halogens is 3. The number of aliphatic carboxylic acids is 1. The van der Waals surface area contributed by atoms with Crippen LogP contribution >= 0.6 is 11.3 Å². The monoisotopic (exact) mass is 311 g/mol. The van der Waals surface area contributed by atoms with E-state index in [1.807, 2.05) is 0 Å². The molecule has 114 valence electrons. The van der Waals surface area contributed by atoms with E-state index in [0.29, 0.717) is 30.6 Å². The van der Waals surface area contributed by atoms with Gasteiger partial charge in [0.15, 0.2) is 0 Å². The van der Waals surface area contributed by atoms with Crippen LogP contribution < -0.4 is 5.32 Å². The van der Waals surface area contributed by atoms with Gasteiger partial charge >= 0.3 is 12.1 Å². The van der Waals surface area contributed by atoms with E-state index in [9.17, 15) is 18.0 Å². The Bertz CT molecular complexity index is 450. The van der Waals surface area contributed by atoms with Crippen LogP contribution in [0.5, 0.6) is 0 Å². The SMILES string of the molecule is CC(CCCC(C)C(=O)O)Nc1nnc(C(F)(F)F)s1. The van der Waals surface area contributed by atoms with E-state index < -0.39 is 23.1 Å². The Kier molecular flexibility index (Phi) is 5.73. The van der Waals surface area contributed by atoms with Crippen LogP contribution in [-0.2, 0) is 11.0 Å². The minimum absolute atomic E-state index is 0.0926. The third-order valence-corrected chi connectivity index (χ3v) is 3.63. The first-order chi connectivity index (χ1) is 9.20. The summed E-state index contributed by atoms with van der Waals surface area (Å²) < 4.78 is 37.0. The summed E-state index contributed by atoms with van der Waals surface area (Å²) in [6, 6.07) is -0.0926. The normalized spacial score (nSPS) is 14.8. The molecule has 0 aliphatic carbocycles. The van der Waals surface area contributed by atoms with Crippen molar-refractivity contribution in [2.45, 2.75) is 45.3 Å². The van der Waals surface area contributed by atoms with E-state index in [1.165, 1.54) is 0 Å². The van der Waals surface area contributed by atoms with Crippen LogP contribution in [0.2, 0.25) is 0 Å². The van der Waals surface area contributed by atoms with Crippen molar-refractivity contribution in [1.82, 2.24) is 10.2 Å². The van der Waals surface area contributed by atoms with Crippen molar-refractivity contribution in [2.75, 3.05) is 5.32 Å². The first kappa shape index (κ1) is 16.7. The highest BCUT2D eigenvalue weighted by molar-refractivity contribution is 7.15. The molecule has 2 atom stereocenters. The maximum atomic E-state index is 12.3. The summed E-state index contributed by atoms with van der Waals surface area (Å²) in [5.41, 5.74) is 0. The number of nitrogens with zero attached hydrogens (tertiary/aromatic N) is 2. The molecule has 0 bridgehead atoms. The molecule has 2 unspecified atom stereocenters. The van der Waals surface area contributed by atoms with Gasteiger partial charge in [-0.15, -0.1) is 10.2 Å². The molecule has 2 N–H and O–H groups in total. The van der Waals surface area contributed by atoms with Crippen molar-refractivity contribution in [3.8, 4) is 0 Å². The number of carboxylic acid groups (broad SMARTS) is 1. The standard InChI is InChI=1S/C11H16F3N3O2S/c1-6(8(18)19)4-3-5-7(2)15-10-17-16-9(20-10)11(12,13)14/h6-7H,3-5H2,1-2H3,(H,15,17)(H,18,19). The van der Waals surface area contributed by atoms with Crippen LogP contribution in [0.25, 0.3) is 0 Å². The van der Waals surface area contributed by atoms with Crippen LogP contribution in [0.4, 0.5) is 18.3 Å². The van der Waals surface area contributed by atoms with Crippen molar-refractivity contribution < 1.29 is 23.1 Å². The molecule has 5 nitrogen and oxygen atoms in total. The summed E-state index contributed by atoms with van der Waals surface area (Å²) in [5.74, 6) is -1.26. The molecule has 0 saturated carbocycles. The fraction of sp³-hybridized carbons (Fsp3) is 0.727. The van der Waals surface area contributed by atoms with E-state index in [0.717, 1.165) is 0 Å². The Balaban J connectivity index is 2.37. The van der Waals surface area contributed by atoms with Gasteiger partial charge < -0.3 is 10.4 Å². The first-order valence-electron chi connectivity index (χ1n) is 6.10. The number of anilines is 1.